The Labute approximate surface area is 115 Å². The third-order valence-electron chi connectivity index (χ3n) is 3.95. The summed E-state index contributed by atoms with van der Waals surface area (Å²) in [6.45, 7) is 6.00. The fraction of sp³-hybridized carbons (Fsp3) is 0.625. The molecule has 2 nitrogen and oxygen atoms in total. The molecule has 19 heavy (non-hydrogen) atoms. The van der Waals surface area contributed by atoms with Crippen molar-refractivity contribution in [2.45, 2.75) is 45.6 Å². The molecule has 1 unspecified atom stereocenters. The van der Waals surface area contributed by atoms with E-state index in [0.717, 1.165) is 43.1 Å². The molecular formula is C16H25FN2. The summed E-state index contributed by atoms with van der Waals surface area (Å²) in [6, 6.07) is 5.48. The normalized spacial score (nSPS) is 16.4. The van der Waals surface area contributed by atoms with Gasteiger partial charge in [-0.2, -0.15) is 0 Å². The molecule has 1 aromatic carbocycles. The lowest BCUT2D eigenvalue weighted by molar-refractivity contribution is 0.600. The number of hydrogen-bond acceptors (Lipinski definition) is 2. The molecule has 0 radical (unpaired) electrons. The van der Waals surface area contributed by atoms with Crippen molar-refractivity contribution in [3.05, 3.63) is 29.6 Å². The second-order valence-electron chi connectivity index (χ2n) is 5.60. The molecule has 3 heteroatoms. The fourth-order valence-electron chi connectivity index (χ4n) is 2.50. The quantitative estimate of drug-likeness (QED) is 0.818. The number of nitrogens with two attached hydrogens (primary N) is 1. The number of anilines is 1. The Morgan fingerprint density at radius 3 is 2.68 bits per heavy atom. The van der Waals surface area contributed by atoms with E-state index in [0.29, 0.717) is 0 Å². The summed E-state index contributed by atoms with van der Waals surface area (Å²) < 4.78 is 14.2. The van der Waals surface area contributed by atoms with Crippen molar-refractivity contribution in [2.75, 3.05) is 18.0 Å². The van der Waals surface area contributed by atoms with Gasteiger partial charge in [-0.25, -0.2) is 4.39 Å². The van der Waals surface area contributed by atoms with Crippen LogP contribution < -0.4 is 10.6 Å². The standard InChI is InChI=1S/C16H25FN2/c1-3-14(18)10-13-6-5-7-15(17)16(13)19(4-2)11-12-8-9-12/h5-7,12,14H,3-4,8-11,18H2,1-2H3. The summed E-state index contributed by atoms with van der Waals surface area (Å²) in [7, 11) is 0. The molecular weight excluding hydrogens is 239 g/mol. The molecule has 1 aliphatic rings. The van der Waals surface area contributed by atoms with Crippen LogP contribution in [0.4, 0.5) is 10.1 Å². The molecule has 0 saturated heterocycles. The van der Waals surface area contributed by atoms with E-state index in [2.05, 4.69) is 18.7 Å². The van der Waals surface area contributed by atoms with Gasteiger partial charge in [0.15, 0.2) is 0 Å². The highest BCUT2D eigenvalue weighted by molar-refractivity contribution is 5.55. The van der Waals surface area contributed by atoms with Gasteiger partial charge < -0.3 is 10.6 Å². The van der Waals surface area contributed by atoms with Crippen LogP contribution in [0.1, 0.15) is 38.7 Å². The minimum atomic E-state index is -0.108. The molecule has 0 aromatic heterocycles. The highest BCUT2D eigenvalue weighted by Crippen LogP contribution is 2.33. The van der Waals surface area contributed by atoms with Crippen molar-refractivity contribution in [3.8, 4) is 0 Å². The average molecular weight is 264 g/mol. The second kappa shape index (κ2) is 6.38. The molecule has 0 amide bonds. The van der Waals surface area contributed by atoms with Gasteiger partial charge in [0, 0.05) is 19.1 Å². The maximum atomic E-state index is 14.2. The maximum Gasteiger partial charge on any atom is 0.146 e. The monoisotopic (exact) mass is 264 g/mol. The summed E-state index contributed by atoms with van der Waals surface area (Å²) in [5.74, 6) is 0.649. The molecule has 2 rings (SSSR count). The van der Waals surface area contributed by atoms with Gasteiger partial charge in [-0.1, -0.05) is 19.1 Å². The predicted octanol–water partition coefficient (Wildman–Crippen LogP) is 3.34. The van der Waals surface area contributed by atoms with Crippen LogP contribution in [0.5, 0.6) is 0 Å². The summed E-state index contributed by atoms with van der Waals surface area (Å²) >= 11 is 0. The Hall–Kier alpha value is -1.09. The Morgan fingerprint density at radius 2 is 2.11 bits per heavy atom. The number of benzene rings is 1. The molecule has 0 bridgehead atoms. The van der Waals surface area contributed by atoms with Gasteiger partial charge in [0.1, 0.15) is 5.82 Å². The smallest absolute Gasteiger partial charge is 0.146 e. The number of nitrogens with zero attached hydrogens (tertiary/aromatic N) is 1. The van der Waals surface area contributed by atoms with Crippen LogP contribution >= 0.6 is 0 Å². The summed E-state index contributed by atoms with van der Waals surface area (Å²) in [4.78, 5) is 2.19. The fourth-order valence-corrected chi connectivity index (χ4v) is 2.50. The summed E-state index contributed by atoms with van der Waals surface area (Å²) in [5.41, 5.74) is 7.87. The van der Waals surface area contributed by atoms with Crippen molar-refractivity contribution in [3.63, 3.8) is 0 Å². The van der Waals surface area contributed by atoms with Crippen LogP contribution in [0.15, 0.2) is 18.2 Å². The summed E-state index contributed by atoms with van der Waals surface area (Å²) in [6.07, 6.45) is 4.25. The summed E-state index contributed by atoms with van der Waals surface area (Å²) in [5, 5.41) is 0. The van der Waals surface area contributed by atoms with E-state index in [9.17, 15) is 4.39 Å². The van der Waals surface area contributed by atoms with Crippen molar-refractivity contribution < 1.29 is 4.39 Å². The van der Waals surface area contributed by atoms with Gasteiger partial charge in [0.25, 0.3) is 0 Å². The third kappa shape index (κ3) is 3.69. The minimum Gasteiger partial charge on any atom is -0.369 e. The Morgan fingerprint density at radius 1 is 1.37 bits per heavy atom. The molecule has 0 spiro atoms. The minimum absolute atomic E-state index is 0.108. The molecule has 1 atom stereocenters. The lowest BCUT2D eigenvalue weighted by atomic mass is 10.0. The zero-order valence-electron chi connectivity index (χ0n) is 12.0. The average Bonchev–Trinajstić information content (AvgIpc) is 3.21. The van der Waals surface area contributed by atoms with Crippen LogP contribution in [-0.2, 0) is 6.42 Å². The molecule has 1 saturated carbocycles. The lowest BCUT2D eigenvalue weighted by Gasteiger charge is -2.27. The van der Waals surface area contributed by atoms with E-state index < -0.39 is 0 Å². The van der Waals surface area contributed by atoms with Gasteiger partial charge >= 0.3 is 0 Å². The van der Waals surface area contributed by atoms with E-state index in [1.54, 1.807) is 12.1 Å². The lowest BCUT2D eigenvalue weighted by Crippen LogP contribution is -2.29. The van der Waals surface area contributed by atoms with Crippen molar-refractivity contribution in [1.29, 1.82) is 0 Å². The Balaban J connectivity index is 2.23. The molecule has 1 aliphatic carbocycles. The van der Waals surface area contributed by atoms with Gasteiger partial charge in [-0.05, 0) is 50.2 Å². The zero-order chi connectivity index (χ0) is 13.8. The first-order chi connectivity index (χ1) is 9.15. The Kier molecular flexibility index (Phi) is 4.81. The highest BCUT2D eigenvalue weighted by atomic mass is 19.1. The molecule has 2 N–H and O–H groups in total. The van der Waals surface area contributed by atoms with Crippen molar-refractivity contribution >= 4 is 5.69 Å². The zero-order valence-corrected chi connectivity index (χ0v) is 12.0. The van der Waals surface area contributed by atoms with Crippen molar-refractivity contribution in [2.24, 2.45) is 11.7 Å². The van der Waals surface area contributed by atoms with Crippen LogP contribution in [0, 0.1) is 11.7 Å². The number of hydrogen-bond donors (Lipinski definition) is 1. The van der Waals surface area contributed by atoms with Gasteiger partial charge in [0.05, 0.1) is 5.69 Å². The van der Waals surface area contributed by atoms with E-state index in [1.165, 1.54) is 12.8 Å². The molecule has 0 heterocycles. The topological polar surface area (TPSA) is 29.3 Å². The van der Waals surface area contributed by atoms with Gasteiger partial charge in [-0.3, -0.25) is 0 Å². The largest absolute Gasteiger partial charge is 0.369 e. The van der Waals surface area contributed by atoms with Crippen molar-refractivity contribution in [1.82, 2.24) is 0 Å². The van der Waals surface area contributed by atoms with Gasteiger partial charge in [-0.15, -0.1) is 0 Å². The number of rotatable bonds is 7. The molecule has 1 aromatic rings. The molecule has 1 fully saturated rings. The Bertz CT molecular complexity index is 415. The van der Waals surface area contributed by atoms with E-state index in [4.69, 9.17) is 5.73 Å². The second-order valence-corrected chi connectivity index (χ2v) is 5.60. The first kappa shape index (κ1) is 14.3. The van der Waals surface area contributed by atoms with Crippen LogP contribution in [0.2, 0.25) is 0 Å². The SMILES string of the molecule is CCC(N)Cc1cccc(F)c1N(CC)CC1CC1. The number of para-hydroxylation sites is 1. The predicted molar refractivity (Wildman–Crippen MR) is 79.0 cm³/mol. The van der Waals surface area contributed by atoms with E-state index in [-0.39, 0.29) is 11.9 Å². The maximum absolute atomic E-state index is 14.2. The molecule has 0 aliphatic heterocycles. The first-order valence-electron chi connectivity index (χ1n) is 7.43. The van der Waals surface area contributed by atoms with Crippen LogP contribution in [0.3, 0.4) is 0 Å². The number of halogens is 1. The van der Waals surface area contributed by atoms with Crippen LogP contribution in [-0.4, -0.2) is 19.1 Å². The first-order valence-corrected chi connectivity index (χ1v) is 7.43. The van der Waals surface area contributed by atoms with Gasteiger partial charge in [0.2, 0.25) is 0 Å². The van der Waals surface area contributed by atoms with E-state index >= 15 is 0 Å². The van der Waals surface area contributed by atoms with Crippen LogP contribution in [0.25, 0.3) is 0 Å². The third-order valence-corrected chi connectivity index (χ3v) is 3.95. The van der Waals surface area contributed by atoms with E-state index in [1.807, 2.05) is 6.07 Å². The highest BCUT2D eigenvalue weighted by Gasteiger charge is 2.26. The molecule has 106 valence electrons.